The lowest BCUT2D eigenvalue weighted by atomic mass is 9.97. The minimum absolute atomic E-state index is 0.628. The molecule has 0 saturated heterocycles. The second-order valence-electron chi connectivity index (χ2n) is 5.04. The molecule has 2 aromatic carbocycles. The fraction of sp³-hybridized carbons (Fsp3) is 0.111. The van der Waals surface area contributed by atoms with E-state index in [0.717, 1.165) is 33.8 Å². The summed E-state index contributed by atoms with van der Waals surface area (Å²) in [6.07, 6.45) is 0. The maximum atomic E-state index is 9.45. The van der Waals surface area contributed by atoms with Crippen LogP contribution in [0.1, 0.15) is 11.3 Å². The number of aryl methyl sites for hydroxylation is 1. The van der Waals surface area contributed by atoms with Gasteiger partial charge < -0.3 is 4.74 Å². The van der Waals surface area contributed by atoms with Gasteiger partial charge >= 0.3 is 0 Å². The lowest BCUT2D eigenvalue weighted by Crippen LogP contribution is -1.88. The molecule has 108 valence electrons. The van der Waals surface area contributed by atoms with E-state index >= 15 is 0 Å². The van der Waals surface area contributed by atoms with E-state index in [-0.39, 0.29) is 0 Å². The molecule has 1 heterocycles. The summed E-state index contributed by atoms with van der Waals surface area (Å²) >= 11 is 0. The number of nitrogens with zero attached hydrogens (tertiary/aromatic N) is 2. The first-order valence-electron chi connectivity index (χ1n) is 6.92. The zero-order chi connectivity index (χ0) is 15.5. The number of aromatic nitrogens is 2. The molecule has 4 heteroatoms. The molecule has 0 radical (unpaired) electrons. The Balaban J connectivity index is 2.04. The standard InChI is InChI=1S/C18H15N3O/c1-12-9-18(21-20-12)14-5-8-17(15(10-14)11-19)13-3-6-16(22-2)7-4-13/h3-10H,1-2H3,(H,20,21). The average Bonchev–Trinajstić information content (AvgIpc) is 3.01. The van der Waals surface area contributed by atoms with Gasteiger partial charge in [0.05, 0.1) is 24.4 Å². The number of nitrogens with one attached hydrogen (secondary N) is 1. The SMILES string of the molecule is COc1ccc(-c2ccc(-c3cc(C)[nH]n3)cc2C#N)cc1. The number of methoxy groups -OCH3 is 1. The van der Waals surface area contributed by atoms with Crippen molar-refractivity contribution < 1.29 is 4.74 Å². The maximum Gasteiger partial charge on any atom is 0.118 e. The Kier molecular flexibility index (Phi) is 3.63. The number of rotatable bonds is 3. The average molecular weight is 289 g/mol. The molecule has 0 aliphatic rings. The van der Waals surface area contributed by atoms with Crippen molar-refractivity contribution in [3.8, 4) is 34.2 Å². The second-order valence-corrected chi connectivity index (χ2v) is 5.04. The van der Waals surface area contributed by atoms with Crippen LogP contribution in [0.15, 0.2) is 48.5 Å². The van der Waals surface area contributed by atoms with Gasteiger partial charge in [0.2, 0.25) is 0 Å². The summed E-state index contributed by atoms with van der Waals surface area (Å²) in [4.78, 5) is 0. The minimum Gasteiger partial charge on any atom is -0.497 e. The molecule has 0 atom stereocenters. The topological polar surface area (TPSA) is 61.7 Å². The van der Waals surface area contributed by atoms with E-state index in [2.05, 4.69) is 16.3 Å². The fourth-order valence-corrected chi connectivity index (χ4v) is 2.38. The highest BCUT2D eigenvalue weighted by molar-refractivity contribution is 5.75. The Hall–Kier alpha value is -3.06. The normalized spacial score (nSPS) is 10.2. The van der Waals surface area contributed by atoms with Gasteiger partial charge in [-0.15, -0.1) is 0 Å². The van der Waals surface area contributed by atoms with Gasteiger partial charge in [0.25, 0.3) is 0 Å². The molecule has 0 fully saturated rings. The number of nitriles is 1. The summed E-state index contributed by atoms with van der Waals surface area (Å²) in [5, 5.41) is 16.6. The summed E-state index contributed by atoms with van der Waals surface area (Å²) < 4.78 is 5.16. The van der Waals surface area contributed by atoms with Crippen LogP contribution in [0.3, 0.4) is 0 Å². The van der Waals surface area contributed by atoms with Crippen molar-refractivity contribution in [2.24, 2.45) is 0 Å². The molecule has 0 aliphatic heterocycles. The highest BCUT2D eigenvalue weighted by Crippen LogP contribution is 2.29. The van der Waals surface area contributed by atoms with Crippen molar-refractivity contribution in [2.75, 3.05) is 7.11 Å². The van der Waals surface area contributed by atoms with Gasteiger partial charge in [-0.2, -0.15) is 10.4 Å². The Labute approximate surface area is 129 Å². The molecule has 4 nitrogen and oxygen atoms in total. The number of hydrogen-bond acceptors (Lipinski definition) is 3. The molecule has 0 spiro atoms. The van der Waals surface area contributed by atoms with E-state index in [0.29, 0.717) is 5.56 Å². The van der Waals surface area contributed by atoms with Crippen molar-refractivity contribution in [1.82, 2.24) is 10.2 Å². The number of H-pyrrole nitrogens is 1. The highest BCUT2D eigenvalue weighted by Gasteiger charge is 2.09. The molecule has 0 amide bonds. The summed E-state index contributed by atoms with van der Waals surface area (Å²) in [6.45, 7) is 1.95. The molecule has 0 bridgehead atoms. The van der Waals surface area contributed by atoms with Gasteiger partial charge in [0, 0.05) is 11.3 Å². The van der Waals surface area contributed by atoms with Gasteiger partial charge in [-0.25, -0.2) is 0 Å². The van der Waals surface area contributed by atoms with Crippen molar-refractivity contribution in [3.05, 3.63) is 59.8 Å². The number of hydrogen-bond donors (Lipinski definition) is 1. The third-order valence-corrected chi connectivity index (χ3v) is 3.54. The number of aromatic amines is 1. The van der Waals surface area contributed by atoms with Crippen LogP contribution in [0.2, 0.25) is 0 Å². The van der Waals surface area contributed by atoms with E-state index < -0.39 is 0 Å². The van der Waals surface area contributed by atoms with Gasteiger partial charge in [0.15, 0.2) is 0 Å². The third kappa shape index (κ3) is 2.57. The maximum absolute atomic E-state index is 9.45. The second kappa shape index (κ2) is 5.74. The number of ether oxygens (including phenoxy) is 1. The Morgan fingerprint density at radius 3 is 2.36 bits per heavy atom. The van der Waals surface area contributed by atoms with Crippen molar-refractivity contribution in [3.63, 3.8) is 0 Å². The van der Waals surface area contributed by atoms with E-state index in [9.17, 15) is 5.26 Å². The largest absolute Gasteiger partial charge is 0.497 e. The molecule has 0 saturated carbocycles. The van der Waals surface area contributed by atoms with Gasteiger partial charge in [-0.05, 0) is 42.3 Å². The van der Waals surface area contributed by atoms with E-state index in [1.807, 2.05) is 55.5 Å². The van der Waals surface area contributed by atoms with Crippen LogP contribution in [-0.2, 0) is 0 Å². The monoisotopic (exact) mass is 289 g/mol. The van der Waals surface area contributed by atoms with Crippen LogP contribution in [0.25, 0.3) is 22.4 Å². The van der Waals surface area contributed by atoms with E-state index in [4.69, 9.17) is 4.74 Å². The van der Waals surface area contributed by atoms with Crippen LogP contribution in [0.5, 0.6) is 5.75 Å². The summed E-state index contributed by atoms with van der Waals surface area (Å²) in [6, 6.07) is 17.7. The molecule has 1 aromatic heterocycles. The summed E-state index contributed by atoms with van der Waals surface area (Å²) in [5.74, 6) is 0.797. The van der Waals surface area contributed by atoms with Crippen LogP contribution >= 0.6 is 0 Å². The van der Waals surface area contributed by atoms with E-state index in [1.54, 1.807) is 7.11 Å². The molecule has 3 aromatic rings. The molecule has 1 N–H and O–H groups in total. The summed E-state index contributed by atoms with van der Waals surface area (Å²) in [5.41, 5.74) is 5.28. The Bertz CT molecular complexity index is 842. The zero-order valence-electron chi connectivity index (χ0n) is 12.4. The Morgan fingerprint density at radius 1 is 1.05 bits per heavy atom. The lowest BCUT2D eigenvalue weighted by Gasteiger charge is -2.07. The molecule has 3 rings (SSSR count). The van der Waals surface area contributed by atoms with Crippen LogP contribution < -0.4 is 4.74 Å². The van der Waals surface area contributed by atoms with Gasteiger partial charge in [-0.3, -0.25) is 5.10 Å². The molecule has 0 aliphatic carbocycles. The quantitative estimate of drug-likeness (QED) is 0.794. The third-order valence-electron chi connectivity index (χ3n) is 3.54. The predicted octanol–water partition coefficient (Wildman–Crippen LogP) is 3.93. The van der Waals surface area contributed by atoms with Crippen molar-refractivity contribution in [2.45, 2.75) is 6.92 Å². The van der Waals surface area contributed by atoms with Crippen LogP contribution in [0.4, 0.5) is 0 Å². The predicted molar refractivity (Wildman–Crippen MR) is 85.5 cm³/mol. The van der Waals surface area contributed by atoms with Crippen LogP contribution in [0, 0.1) is 18.3 Å². The summed E-state index contributed by atoms with van der Waals surface area (Å²) in [7, 11) is 1.64. The first-order chi connectivity index (χ1) is 10.7. The highest BCUT2D eigenvalue weighted by atomic mass is 16.5. The number of benzene rings is 2. The molecule has 22 heavy (non-hydrogen) atoms. The Morgan fingerprint density at radius 2 is 1.77 bits per heavy atom. The molecule has 0 unspecified atom stereocenters. The smallest absolute Gasteiger partial charge is 0.118 e. The first kappa shape index (κ1) is 13.9. The van der Waals surface area contributed by atoms with Crippen molar-refractivity contribution in [1.29, 1.82) is 5.26 Å². The van der Waals surface area contributed by atoms with Gasteiger partial charge in [0.1, 0.15) is 5.75 Å². The van der Waals surface area contributed by atoms with Gasteiger partial charge in [-0.1, -0.05) is 24.3 Å². The first-order valence-corrected chi connectivity index (χ1v) is 6.92. The zero-order valence-corrected chi connectivity index (χ0v) is 12.4. The minimum atomic E-state index is 0.628. The fourth-order valence-electron chi connectivity index (χ4n) is 2.38. The lowest BCUT2D eigenvalue weighted by molar-refractivity contribution is 0.415. The van der Waals surface area contributed by atoms with Crippen molar-refractivity contribution >= 4 is 0 Å². The molecular formula is C18H15N3O. The van der Waals surface area contributed by atoms with E-state index in [1.165, 1.54) is 0 Å². The molecular weight excluding hydrogens is 274 g/mol. The van der Waals surface area contributed by atoms with Crippen LogP contribution in [-0.4, -0.2) is 17.3 Å².